The van der Waals surface area contributed by atoms with Gasteiger partial charge < -0.3 is 10.2 Å². The van der Waals surface area contributed by atoms with Crippen molar-refractivity contribution in [3.05, 3.63) is 60.5 Å². The molecular formula is C20H20FN3O2S. The normalized spacial score (nSPS) is 18.0. The maximum atomic E-state index is 13.5. The third kappa shape index (κ3) is 3.40. The van der Waals surface area contributed by atoms with Crippen molar-refractivity contribution < 1.29 is 12.8 Å². The van der Waals surface area contributed by atoms with Crippen molar-refractivity contribution in [2.24, 2.45) is 0 Å². The van der Waals surface area contributed by atoms with Gasteiger partial charge in [0, 0.05) is 37.3 Å². The van der Waals surface area contributed by atoms with Crippen LogP contribution in [0.4, 0.5) is 10.1 Å². The van der Waals surface area contributed by atoms with Gasteiger partial charge in [0.15, 0.2) is 0 Å². The quantitative estimate of drug-likeness (QED) is 0.751. The summed E-state index contributed by atoms with van der Waals surface area (Å²) in [4.78, 5) is 6.71. The number of benzene rings is 2. The average molecular weight is 385 g/mol. The lowest BCUT2D eigenvalue weighted by atomic mass is 10.1. The molecule has 1 saturated heterocycles. The van der Waals surface area contributed by atoms with Crippen LogP contribution in [0.15, 0.2) is 64.5 Å². The molecule has 0 radical (unpaired) electrons. The van der Waals surface area contributed by atoms with E-state index in [0.717, 1.165) is 42.3 Å². The topological polar surface area (TPSA) is 62.3 Å². The lowest BCUT2D eigenvalue weighted by Gasteiger charge is -2.34. The lowest BCUT2D eigenvalue weighted by molar-refractivity contribution is 0.485. The highest BCUT2D eigenvalue weighted by atomic mass is 32.2. The summed E-state index contributed by atoms with van der Waals surface area (Å²) < 4.78 is 39.1. The zero-order valence-electron chi connectivity index (χ0n) is 14.9. The molecule has 1 N–H and O–H groups in total. The monoisotopic (exact) mass is 385 g/mol. The van der Waals surface area contributed by atoms with Crippen LogP contribution in [0, 0.1) is 5.82 Å². The van der Waals surface area contributed by atoms with Crippen LogP contribution in [0.25, 0.3) is 10.9 Å². The van der Waals surface area contributed by atoms with Crippen LogP contribution < -0.4 is 10.2 Å². The summed E-state index contributed by atoms with van der Waals surface area (Å²) in [5, 5.41) is 4.16. The molecule has 0 saturated carbocycles. The number of fused-ring (bicyclic) bond motifs is 1. The molecule has 0 bridgehead atoms. The summed E-state index contributed by atoms with van der Waals surface area (Å²) in [5.41, 5.74) is 1.76. The zero-order chi connectivity index (χ0) is 19.0. The molecule has 27 heavy (non-hydrogen) atoms. The molecule has 140 valence electrons. The predicted molar refractivity (Wildman–Crippen MR) is 103 cm³/mol. The molecule has 0 aliphatic carbocycles. The predicted octanol–water partition coefficient (Wildman–Crippen LogP) is 3.00. The van der Waals surface area contributed by atoms with Crippen molar-refractivity contribution in [3.63, 3.8) is 0 Å². The molecule has 0 amide bonds. The number of hydrogen-bond acceptors (Lipinski definition) is 5. The van der Waals surface area contributed by atoms with Gasteiger partial charge in [0.1, 0.15) is 5.82 Å². The van der Waals surface area contributed by atoms with Crippen molar-refractivity contribution in [3.8, 4) is 0 Å². The first-order chi connectivity index (χ1) is 12.9. The number of aromatic nitrogens is 1. The largest absolute Gasteiger partial charge is 0.367 e. The first-order valence-electron chi connectivity index (χ1n) is 8.83. The molecular weight excluding hydrogens is 365 g/mol. The highest BCUT2D eigenvalue weighted by Crippen LogP contribution is 2.29. The molecule has 7 heteroatoms. The Kier molecular flexibility index (Phi) is 4.57. The van der Waals surface area contributed by atoms with E-state index in [1.807, 2.05) is 18.2 Å². The van der Waals surface area contributed by atoms with Crippen molar-refractivity contribution in [2.75, 3.05) is 24.5 Å². The van der Waals surface area contributed by atoms with Gasteiger partial charge in [0.25, 0.3) is 0 Å². The molecule has 1 fully saturated rings. The molecule has 1 aliphatic rings. The van der Waals surface area contributed by atoms with E-state index >= 15 is 0 Å². The van der Waals surface area contributed by atoms with Gasteiger partial charge in [0.05, 0.1) is 21.0 Å². The van der Waals surface area contributed by atoms with Gasteiger partial charge in [0.2, 0.25) is 9.84 Å². The number of sulfone groups is 1. The van der Waals surface area contributed by atoms with Crippen LogP contribution in [0.3, 0.4) is 0 Å². The summed E-state index contributed by atoms with van der Waals surface area (Å²) in [6, 6.07) is 12.8. The SMILES string of the molecule is CC1CN(c2cccc3cc(S(=O)(=O)c4cccc(F)c4)cnc23)CCN1. The third-order valence-electron chi connectivity index (χ3n) is 4.79. The Balaban J connectivity index is 1.77. The maximum Gasteiger partial charge on any atom is 0.208 e. The van der Waals surface area contributed by atoms with Gasteiger partial charge in [-0.05, 0) is 37.3 Å². The second-order valence-corrected chi connectivity index (χ2v) is 8.73. The van der Waals surface area contributed by atoms with Crippen LogP contribution >= 0.6 is 0 Å². The molecule has 1 atom stereocenters. The number of halogens is 1. The van der Waals surface area contributed by atoms with Crippen LogP contribution in [-0.2, 0) is 9.84 Å². The van der Waals surface area contributed by atoms with Gasteiger partial charge in [-0.25, -0.2) is 12.8 Å². The fraction of sp³-hybridized carbons (Fsp3) is 0.250. The van der Waals surface area contributed by atoms with Crippen molar-refractivity contribution in [2.45, 2.75) is 22.8 Å². The molecule has 1 aliphatic heterocycles. The van der Waals surface area contributed by atoms with E-state index in [2.05, 4.69) is 22.1 Å². The number of anilines is 1. The van der Waals surface area contributed by atoms with Crippen molar-refractivity contribution >= 4 is 26.4 Å². The Morgan fingerprint density at radius 3 is 2.74 bits per heavy atom. The van der Waals surface area contributed by atoms with Crippen LogP contribution in [0.5, 0.6) is 0 Å². The Morgan fingerprint density at radius 1 is 1.15 bits per heavy atom. The van der Waals surface area contributed by atoms with Crippen molar-refractivity contribution in [1.82, 2.24) is 10.3 Å². The number of nitrogens with one attached hydrogen (secondary N) is 1. The average Bonchev–Trinajstić information content (AvgIpc) is 2.67. The van der Waals surface area contributed by atoms with E-state index in [-0.39, 0.29) is 9.79 Å². The molecule has 1 aromatic heterocycles. The highest BCUT2D eigenvalue weighted by molar-refractivity contribution is 7.91. The van der Waals surface area contributed by atoms with E-state index in [0.29, 0.717) is 6.04 Å². The molecule has 3 aromatic rings. The van der Waals surface area contributed by atoms with Gasteiger partial charge in [-0.1, -0.05) is 18.2 Å². The van der Waals surface area contributed by atoms with E-state index in [1.54, 1.807) is 6.07 Å². The first-order valence-corrected chi connectivity index (χ1v) is 10.3. The lowest BCUT2D eigenvalue weighted by Crippen LogP contribution is -2.49. The van der Waals surface area contributed by atoms with Crippen LogP contribution in [-0.4, -0.2) is 39.1 Å². The summed E-state index contributed by atoms with van der Waals surface area (Å²) in [7, 11) is -3.83. The number of rotatable bonds is 3. The Labute approximate surface area is 157 Å². The second-order valence-electron chi connectivity index (χ2n) is 6.78. The molecule has 0 spiro atoms. The number of hydrogen-bond donors (Lipinski definition) is 1. The third-order valence-corrected chi connectivity index (χ3v) is 6.51. The number of piperazine rings is 1. The first kappa shape index (κ1) is 17.9. The minimum atomic E-state index is -3.83. The number of para-hydroxylation sites is 1. The van der Waals surface area contributed by atoms with Gasteiger partial charge in [-0.2, -0.15) is 0 Å². The highest BCUT2D eigenvalue weighted by Gasteiger charge is 2.22. The molecule has 1 unspecified atom stereocenters. The summed E-state index contributed by atoms with van der Waals surface area (Å²) in [6.07, 6.45) is 1.36. The molecule has 2 heterocycles. The standard InChI is InChI=1S/C20H20FN3O2S/c1-14-13-24(9-8-22-14)19-7-2-4-15-10-18(12-23-20(15)19)27(25,26)17-6-3-5-16(21)11-17/h2-7,10-12,14,22H,8-9,13H2,1H3. The minimum absolute atomic E-state index is 0.0615. The number of nitrogens with zero attached hydrogens (tertiary/aromatic N) is 2. The van der Waals surface area contributed by atoms with E-state index in [4.69, 9.17) is 0 Å². The smallest absolute Gasteiger partial charge is 0.208 e. The fourth-order valence-corrected chi connectivity index (χ4v) is 4.72. The van der Waals surface area contributed by atoms with E-state index < -0.39 is 15.7 Å². The van der Waals surface area contributed by atoms with Crippen LogP contribution in [0.1, 0.15) is 6.92 Å². The summed E-state index contributed by atoms with van der Waals surface area (Å²) in [6.45, 7) is 4.76. The molecule has 5 nitrogen and oxygen atoms in total. The van der Waals surface area contributed by atoms with E-state index in [9.17, 15) is 12.8 Å². The summed E-state index contributed by atoms with van der Waals surface area (Å²) >= 11 is 0. The van der Waals surface area contributed by atoms with Gasteiger partial charge in [-0.3, -0.25) is 4.98 Å². The summed E-state index contributed by atoms with van der Waals surface area (Å²) in [5.74, 6) is -0.583. The Morgan fingerprint density at radius 2 is 1.96 bits per heavy atom. The maximum absolute atomic E-state index is 13.5. The second kappa shape index (κ2) is 6.90. The fourth-order valence-electron chi connectivity index (χ4n) is 3.45. The van der Waals surface area contributed by atoms with Gasteiger partial charge >= 0.3 is 0 Å². The van der Waals surface area contributed by atoms with Crippen molar-refractivity contribution in [1.29, 1.82) is 0 Å². The molecule has 2 aromatic carbocycles. The van der Waals surface area contributed by atoms with Gasteiger partial charge in [-0.15, -0.1) is 0 Å². The Hall–Kier alpha value is -2.51. The Bertz CT molecular complexity index is 1100. The number of pyridine rings is 1. The zero-order valence-corrected chi connectivity index (χ0v) is 15.7. The minimum Gasteiger partial charge on any atom is -0.367 e. The molecule has 4 rings (SSSR count). The van der Waals surface area contributed by atoms with Crippen LogP contribution in [0.2, 0.25) is 0 Å². The van der Waals surface area contributed by atoms with E-state index in [1.165, 1.54) is 24.4 Å².